The van der Waals surface area contributed by atoms with E-state index in [0.29, 0.717) is 11.5 Å². The molecule has 3 heteroatoms. The van der Waals surface area contributed by atoms with Crippen LogP contribution in [-0.2, 0) is 6.54 Å². The van der Waals surface area contributed by atoms with E-state index in [4.69, 9.17) is 5.11 Å². The van der Waals surface area contributed by atoms with Crippen LogP contribution in [-0.4, -0.2) is 15.6 Å². The second-order valence-electron chi connectivity index (χ2n) is 5.46. The first-order valence-electron chi connectivity index (χ1n) is 7.47. The highest BCUT2D eigenvalue weighted by molar-refractivity contribution is 5.93. The lowest BCUT2D eigenvalue weighted by Gasteiger charge is -2.16. The molecule has 1 aromatic carbocycles. The average molecular weight is 273 g/mol. The Kier molecular flexibility index (Phi) is 4.83. The van der Waals surface area contributed by atoms with Crippen LogP contribution in [0.4, 0.5) is 0 Å². The van der Waals surface area contributed by atoms with Gasteiger partial charge in [-0.05, 0) is 36.6 Å². The van der Waals surface area contributed by atoms with Crippen LogP contribution in [0.25, 0.3) is 10.9 Å². The van der Waals surface area contributed by atoms with Crippen molar-refractivity contribution in [3.63, 3.8) is 0 Å². The molecule has 1 heterocycles. The first-order valence-corrected chi connectivity index (χ1v) is 7.47. The molecule has 0 aliphatic heterocycles. The number of unbranched alkanes of at least 4 members (excludes halogenated alkanes) is 1. The number of carboxylic acid groups (broad SMARTS) is 1. The van der Waals surface area contributed by atoms with Crippen molar-refractivity contribution in [1.29, 1.82) is 0 Å². The van der Waals surface area contributed by atoms with E-state index >= 15 is 0 Å². The predicted molar refractivity (Wildman–Crippen MR) is 82.2 cm³/mol. The summed E-state index contributed by atoms with van der Waals surface area (Å²) in [5.41, 5.74) is 1.48. The Hall–Kier alpha value is -1.77. The van der Waals surface area contributed by atoms with E-state index < -0.39 is 5.97 Å². The van der Waals surface area contributed by atoms with E-state index in [1.165, 1.54) is 25.7 Å². The zero-order valence-corrected chi connectivity index (χ0v) is 12.3. The predicted octanol–water partition coefficient (Wildman–Crippen LogP) is 4.56. The molecule has 3 nitrogen and oxygen atoms in total. The van der Waals surface area contributed by atoms with Crippen LogP contribution in [0.2, 0.25) is 0 Å². The number of carbonyl (C=O) groups is 1. The third-order valence-electron chi connectivity index (χ3n) is 4.02. The monoisotopic (exact) mass is 273 g/mol. The minimum atomic E-state index is -0.867. The molecule has 1 aromatic heterocycles. The summed E-state index contributed by atoms with van der Waals surface area (Å²) in [4.78, 5) is 11.0. The molecule has 1 unspecified atom stereocenters. The summed E-state index contributed by atoms with van der Waals surface area (Å²) in [6.45, 7) is 5.49. The normalized spacial score (nSPS) is 12.7. The largest absolute Gasteiger partial charge is 0.478 e. The standard InChI is InChI=1S/C17H23NO2/c1-3-5-6-13(4-2)12-18-10-9-14-11-15(17(19)20)7-8-16(14)18/h7-11,13H,3-6,12H2,1-2H3,(H,19,20). The maximum absolute atomic E-state index is 11.0. The minimum Gasteiger partial charge on any atom is -0.478 e. The lowest BCUT2D eigenvalue weighted by molar-refractivity contribution is 0.0697. The van der Waals surface area contributed by atoms with Crippen molar-refractivity contribution in [1.82, 2.24) is 4.57 Å². The van der Waals surface area contributed by atoms with Gasteiger partial charge in [-0.3, -0.25) is 0 Å². The second kappa shape index (κ2) is 6.60. The zero-order valence-electron chi connectivity index (χ0n) is 12.3. The fraction of sp³-hybridized carbons (Fsp3) is 0.471. The molecule has 2 rings (SSSR count). The summed E-state index contributed by atoms with van der Waals surface area (Å²) in [5.74, 6) is -0.168. The SMILES string of the molecule is CCCCC(CC)Cn1ccc2cc(C(=O)O)ccc21. The molecule has 0 fully saturated rings. The van der Waals surface area contributed by atoms with Crippen LogP contribution in [0.15, 0.2) is 30.5 Å². The average Bonchev–Trinajstić information content (AvgIpc) is 2.85. The number of aromatic carboxylic acids is 1. The Morgan fingerprint density at radius 2 is 2.10 bits per heavy atom. The van der Waals surface area contributed by atoms with Gasteiger partial charge in [0.25, 0.3) is 0 Å². The molecule has 20 heavy (non-hydrogen) atoms. The topological polar surface area (TPSA) is 42.2 Å². The van der Waals surface area contributed by atoms with E-state index in [1.807, 2.05) is 12.1 Å². The highest BCUT2D eigenvalue weighted by Crippen LogP contribution is 2.22. The Balaban J connectivity index is 2.20. The number of fused-ring (bicyclic) bond motifs is 1. The zero-order chi connectivity index (χ0) is 14.5. The summed E-state index contributed by atoms with van der Waals surface area (Å²) in [5, 5.41) is 10.0. The summed E-state index contributed by atoms with van der Waals surface area (Å²) in [7, 11) is 0. The third kappa shape index (κ3) is 3.21. The Labute approximate surface area is 120 Å². The van der Waals surface area contributed by atoms with E-state index in [0.717, 1.165) is 17.4 Å². The molecule has 2 aromatic rings. The number of aromatic nitrogens is 1. The summed E-state index contributed by atoms with van der Waals surface area (Å²) < 4.78 is 2.25. The second-order valence-corrected chi connectivity index (χ2v) is 5.46. The van der Waals surface area contributed by atoms with Crippen molar-refractivity contribution >= 4 is 16.9 Å². The van der Waals surface area contributed by atoms with Gasteiger partial charge in [-0.25, -0.2) is 4.79 Å². The first-order chi connectivity index (χ1) is 9.65. The van der Waals surface area contributed by atoms with Crippen LogP contribution in [0, 0.1) is 5.92 Å². The van der Waals surface area contributed by atoms with Crippen molar-refractivity contribution in [2.75, 3.05) is 0 Å². The summed E-state index contributed by atoms with van der Waals surface area (Å²) >= 11 is 0. The summed E-state index contributed by atoms with van der Waals surface area (Å²) in [6, 6.07) is 7.37. The van der Waals surface area contributed by atoms with Crippen LogP contribution < -0.4 is 0 Å². The molecule has 1 atom stereocenters. The number of hydrogen-bond donors (Lipinski definition) is 1. The van der Waals surface area contributed by atoms with Gasteiger partial charge in [0.15, 0.2) is 0 Å². The van der Waals surface area contributed by atoms with Gasteiger partial charge < -0.3 is 9.67 Å². The van der Waals surface area contributed by atoms with Crippen molar-refractivity contribution in [2.45, 2.75) is 46.1 Å². The van der Waals surface area contributed by atoms with Crippen LogP contribution in [0.1, 0.15) is 49.9 Å². The highest BCUT2D eigenvalue weighted by atomic mass is 16.4. The fourth-order valence-corrected chi connectivity index (χ4v) is 2.69. The van der Waals surface area contributed by atoms with Gasteiger partial charge >= 0.3 is 5.97 Å². The van der Waals surface area contributed by atoms with Crippen molar-refractivity contribution < 1.29 is 9.90 Å². The molecule has 108 valence electrons. The molecule has 0 radical (unpaired) electrons. The fourth-order valence-electron chi connectivity index (χ4n) is 2.69. The van der Waals surface area contributed by atoms with Gasteiger partial charge in [0.05, 0.1) is 5.56 Å². The van der Waals surface area contributed by atoms with Gasteiger partial charge in [0, 0.05) is 23.6 Å². The van der Waals surface area contributed by atoms with Gasteiger partial charge in [-0.15, -0.1) is 0 Å². The lowest BCUT2D eigenvalue weighted by Crippen LogP contribution is -2.09. The molecule has 0 saturated carbocycles. The Morgan fingerprint density at radius 1 is 1.30 bits per heavy atom. The third-order valence-corrected chi connectivity index (χ3v) is 4.02. The maximum atomic E-state index is 11.0. The van der Waals surface area contributed by atoms with E-state index in [9.17, 15) is 4.79 Å². The first kappa shape index (κ1) is 14.6. The molecular formula is C17H23NO2. The molecule has 0 aliphatic rings. The van der Waals surface area contributed by atoms with Crippen LogP contribution in [0.3, 0.4) is 0 Å². The number of hydrogen-bond acceptors (Lipinski definition) is 1. The Morgan fingerprint density at radius 3 is 2.75 bits per heavy atom. The molecular weight excluding hydrogens is 250 g/mol. The quantitative estimate of drug-likeness (QED) is 0.803. The lowest BCUT2D eigenvalue weighted by atomic mass is 9.99. The van der Waals surface area contributed by atoms with Crippen LogP contribution >= 0.6 is 0 Å². The van der Waals surface area contributed by atoms with Crippen molar-refractivity contribution in [3.8, 4) is 0 Å². The van der Waals surface area contributed by atoms with Gasteiger partial charge in [-0.2, -0.15) is 0 Å². The highest BCUT2D eigenvalue weighted by Gasteiger charge is 2.10. The minimum absolute atomic E-state index is 0.355. The summed E-state index contributed by atoms with van der Waals surface area (Å²) in [6.07, 6.45) is 7.05. The van der Waals surface area contributed by atoms with E-state index in [-0.39, 0.29) is 0 Å². The number of nitrogens with zero attached hydrogens (tertiary/aromatic N) is 1. The molecule has 0 spiro atoms. The van der Waals surface area contributed by atoms with Crippen molar-refractivity contribution in [3.05, 3.63) is 36.0 Å². The number of rotatable bonds is 7. The smallest absolute Gasteiger partial charge is 0.335 e. The molecule has 0 bridgehead atoms. The molecule has 0 saturated heterocycles. The van der Waals surface area contributed by atoms with Gasteiger partial charge in [-0.1, -0.05) is 33.1 Å². The van der Waals surface area contributed by atoms with Gasteiger partial charge in [0.2, 0.25) is 0 Å². The van der Waals surface area contributed by atoms with Gasteiger partial charge in [0.1, 0.15) is 0 Å². The number of benzene rings is 1. The van der Waals surface area contributed by atoms with Crippen LogP contribution in [0.5, 0.6) is 0 Å². The molecule has 0 aliphatic carbocycles. The van der Waals surface area contributed by atoms with E-state index in [2.05, 4.69) is 24.6 Å². The maximum Gasteiger partial charge on any atom is 0.335 e. The number of carboxylic acids is 1. The molecule has 0 amide bonds. The Bertz CT molecular complexity index is 586. The molecule has 1 N–H and O–H groups in total. The van der Waals surface area contributed by atoms with Crippen molar-refractivity contribution in [2.24, 2.45) is 5.92 Å². The van der Waals surface area contributed by atoms with E-state index in [1.54, 1.807) is 12.1 Å².